The average molecular weight is 726 g/mol. The molecule has 1 saturated carbocycles. The highest BCUT2D eigenvalue weighted by Crippen LogP contribution is 2.44. The first-order valence-electron chi connectivity index (χ1n) is 17.0. The lowest BCUT2D eigenvalue weighted by atomic mass is 9.88. The minimum atomic E-state index is -4.07. The quantitative estimate of drug-likeness (QED) is 0.145. The van der Waals surface area contributed by atoms with Gasteiger partial charge in [0.05, 0.1) is 28.8 Å². The maximum Gasteiger partial charge on any atom is 0.275 e. The van der Waals surface area contributed by atoms with E-state index in [4.69, 9.17) is 30.8 Å². The largest absolute Gasteiger partial charge is 0.358 e. The normalized spacial score (nSPS) is 17.9. The van der Waals surface area contributed by atoms with Crippen molar-refractivity contribution in [3.63, 3.8) is 0 Å². The third-order valence-corrected chi connectivity index (χ3v) is 11.4. The Hall–Kier alpha value is -4.46. The summed E-state index contributed by atoms with van der Waals surface area (Å²) in [5.74, 6) is 0. The zero-order valence-electron chi connectivity index (χ0n) is 28.2. The topological polar surface area (TPSA) is 127 Å². The fourth-order valence-electron chi connectivity index (χ4n) is 6.73. The minimum Gasteiger partial charge on any atom is -0.358 e. The minimum absolute atomic E-state index is 0.0217. The van der Waals surface area contributed by atoms with E-state index in [-0.39, 0.29) is 28.4 Å². The molecule has 0 radical (unpaired) electrons. The van der Waals surface area contributed by atoms with Crippen LogP contribution in [-0.2, 0) is 36.9 Å². The van der Waals surface area contributed by atoms with E-state index in [9.17, 15) is 13.2 Å². The molecule has 1 aliphatic carbocycles. The lowest BCUT2D eigenvalue weighted by Gasteiger charge is -2.36. The summed E-state index contributed by atoms with van der Waals surface area (Å²) < 4.78 is 49.5. The Labute approximate surface area is 299 Å². The summed E-state index contributed by atoms with van der Waals surface area (Å²) in [6.45, 7) is 2.60. The predicted molar refractivity (Wildman–Crippen MR) is 193 cm³/mol. The number of pyridine rings is 2. The van der Waals surface area contributed by atoms with Gasteiger partial charge >= 0.3 is 0 Å². The van der Waals surface area contributed by atoms with E-state index in [1.54, 1.807) is 56.0 Å². The van der Waals surface area contributed by atoms with Crippen molar-refractivity contribution in [1.29, 1.82) is 0 Å². The fraction of sp³-hybridized carbons (Fsp3) is 0.316. The highest BCUT2D eigenvalue weighted by atomic mass is 35.5. The van der Waals surface area contributed by atoms with Crippen molar-refractivity contribution in [3.8, 4) is 11.1 Å². The van der Waals surface area contributed by atoms with Gasteiger partial charge in [-0.05, 0) is 92.6 Å². The Morgan fingerprint density at radius 1 is 1.02 bits per heavy atom. The van der Waals surface area contributed by atoms with Crippen LogP contribution in [0, 0.1) is 6.92 Å². The molecule has 11 nitrogen and oxygen atoms in total. The summed E-state index contributed by atoms with van der Waals surface area (Å²) in [6.07, 6.45) is 10.7. The van der Waals surface area contributed by atoms with Crippen LogP contribution in [0.25, 0.3) is 32.9 Å². The molecule has 2 fully saturated rings. The van der Waals surface area contributed by atoms with E-state index in [1.165, 1.54) is 10.8 Å². The Morgan fingerprint density at radius 3 is 2.57 bits per heavy atom. The van der Waals surface area contributed by atoms with Crippen LogP contribution < -0.4 is 5.56 Å². The van der Waals surface area contributed by atoms with Crippen molar-refractivity contribution in [2.45, 2.75) is 61.9 Å². The van der Waals surface area contributed by atoms with E-state index in [0.29, 0.717) is 39.7 Å². The second-order valence-electron chi connectivity index (χ2n) is 13.2. The van der Waals surface area contributed by atoms with Gasteiger partial charge in [-0.3, -0.25) is 9.78 Å². The Balaban J connectivity index is 1.32. The third-order valence-electron chi connectivity index (χ3n) is 9.56. The van der Waals surface area contributed by atoms with Crippen LogP contribution in [0.3, 0.4) is 0 Å². The lowest BCUT2D eigenvalue weighted by molar-refractivity contribution is -0.197. The van der Waals surface area contributed by atoms with Gasteiger partial charge in [0, 0.05) is 60.3 Å². The summed E-state index contributed by atoms with van der Waals surface area (Å²) in [6, 6.07) is 17.7. The number of hydrogen-bond donors (Lipinski definition) is 0. The molecule has 262 valence electrons. The van der Waals surface area contributed by atoms with E-state index < -0.39 is 27.5 Å². The fourth-order valence-corrected chi connectivity index (χ4v) is 8.25. The van der Waals surface area contributed by atoms with Crippen molar-refractivity contribution >= 4 is 43.4 Å². The van der Waals surface area contributed by atoms with Crippen LogP contribution in [0.5, 0.6) is 0 Å². The van der Waals surface area contributed by atoms with Crippen LogP contribution in [0.15, 0.2) is 95.1 Å². The van der Waals surface area contributed by atoms with Crippen molar-refractivity contribution < 1.29 is 22.6 Å². The van der Waals surface area contributed by atoms with E-state index >= 15 is 0 Å². The predicted octanol–water partition coefficient (Wildman–Crippen LogP) is 6.51. The molecule has 0 spiro atoms. The first kappa shape index (κ1) is 33.7. The van der Waals surface area contributed by atoms with Gasteiger partial charge in [0.25, 0.3) is 15.6 Å². The van der Waals surface area contributed by atoms with Crippen LogP contribution >= 0.6 is 11.6 Å². The molecule has 0 N–H and O–H groups in total. The van der Waals surface area contributed by atoms with Crippen LogP contribution in [0.4, 0.5) is 0 Å². The van der Waals surface area contributed by atoms with Gasteiger partial charge in [0.2, 0.25) is 5.28 Å². The second kappa shape index (κ2) is 13.3. The van der Waals surface area contributed by atoms with Gasteiger partial charge in [0.1, 0.15) is 5.52 Å². The van der Waals surface area contributed by atoms with Gasteiger partial charge in [-0.1, -0.05) is 29.8 Å². The Bertz CT molecular complexity index is 2420. The zero-order valence-corrected chi connectivity index (χ0v) is 29.7. The summed E-state index contributed by atoms with van der Waals surface area (Å²) in [4.78, 5) is 27.6. The highest BCUT2D eigenvalue weighted by molar-refractivity contribution is 7.90. The number of aromatic nitrogens is 5. The standard InChI is InChI=1S/C38H36ClN5O6S/c1-24-8-13-28(14-9-24)51(46,47)44-18-16-29-31(22-43(2)36(45)34(29)44)25-10-15-32-30(20-25)35(42-37(39)41-32)38(50-27-11-12-27,26-6-5-17-40-21-26)23-49-33-7-3-4-19-48-33/h5-6,8-10,13-18,20-22,27,33H,3-4,7,11-12,19,23H2,1-2H3. The summed E-state index contributed by atoms with van der Waals surface area (Å²) in [7, 11) is -2.46. The molecular weight excluding hydrogens is 690 g/mol. The first-order valence-corrected chi connectivity index (χ1v) is 18.8. The molecule has 2 atom stereocenters. The zero-order chi connectivity index (χ0) is 35.3. The molecule has 51 heavy (non-hydrogen) atoms. The molecule has 4 aromatic heterocycles. The highest BCUT2D eigenvalue weighted by Gasteiger charge is 2.45. The molecule has 2 unspecified atom stereocenters. The van der Waals surface area contributed by atoms with Gasteiger partial charge < -0.3 is 18.8 Å². The van der Waals surface area contributed by atoms with Crippen molar-refractivity contribution in [2.75, 3.05) is 13.2 Å². The summed E-state index contributed by atoms with van der Waals surface area (Å²) in [5.41, 5.74) is 2.51. The molecule has 1 aliphatic heterocycles. The molecule has 5 heterocycles. The van der Waals surface area contributed by atoms with Crippen LogP contribution in [-0.4, -0.2) is 57.5 Å². The first-order chi connectivity index (χ1) is 24.6. The van der Waals surface area contributed by atoms with Gasteiger partial charge in [-0.2, -0.15) is 0 Å². The van der Waals surface area contributed by atoms with Gasteiger partial charge in [-0.15, -0.1) is 0 Å². The van der Waals surface area contributed by atoms with Crippen molar-refractivity contribution in [1.82, 2.24) is 23.5 Å². The Kier molecular flexibility index (Phi) is 8.75. The number of halogens is 1. The smallest absolute Gasteiger partial charge is 0.275 e. The van der Waals surface area contributed by atoms with E-state index in [0.717, 1.165) is 47.2 Å². The molecule has 13 heteroatoms. The molecule has 0 bridgehead atoms. The molecule has 2 aromatic carbocycles. The molecular formula is C38H36ClN5O6S. The molecule has 2 aliphatic rings. The SMILES string of the molecule is Cc1ccc(S(=O)(=O)n2ccc3c(-c4ccc5nc(Cl)nc(C(COC6CCCCO6)(OC6CC6)c6cccnc6)c5c4)cn(C)c(=O)c32)cc1. The lowest BCUT2D eigenvalue weighted by Crippen LogP contribution is -2.41. The summed E-state index contributed by atoms with van der Waals surface area (Å²) in [5, 5.41) is 1.19. The molecule has 6 aromatic rings. The maximum absolute atomic E-state index is 13.8. The maximum atomic E-state index is 13.8. The summed E-state index contributed by atoms with van der Waals surface area (Å²) >= 11 is 6.64. The molecule has 0 amide bonds. The van der Waals surface area contributed by atoms with Gasteiger partial charge in [0.15, 0.2) is 11.9 Å². The molecule has 8 rings (SSSR count). The number of hydrogen-bond acceptors (Lipinski definition) is 9. The number of fused-ring (bicyclic) bond motifs is 2. The van der Waals surface area contributed by atoms with Crippen molar-refractivity contribution in [2.24, 2.45) is 7.05 Å². The third kappa shape index (κ3) is 6.25. The number of nitrogens with zero attached hydrogens (tertiary/aromatic N) is 5. The number of ether oxygens (including phenoxy) is 3. The van der Waals surface area contributed by atoms with E-state index in [1.807, 2.05) is 37.3 Å². The number of rotatable bonds is 10. The van der Waals surface area contributed by atoms with E-state index in [2.05, 4.69) is 9.97 Å². The monoisotopic (exact) mass is 725 g/mol. The Morgan fingerprint density at radius 2 is 1.84 bits per heavy atom. The van der Waals surface area contributed by atoms with Crippen LogP contribution in [0.1, 0.15) is 48.9 Å². The van der Waals surface area contributed by atoms with Crippen molar-refractivity contribution in [3.05, 3.63) is 118 Å². The van der Waals surface area contributed by atoms with Gasteiger partial charge in [-0.25, -0.2) is 22.4 Å². The average Bonchev–Trinajstić information content (AvgIpc) is 3.84. The molecule has 1 saturated heterocycles. The number of benzene rings is 2. The van der Waals surface area contributed by atoms with Crippen LogP contribution in [0.2, 0.25) is 5.28 Å². The number of aryl methyl sites for hydroxylation is 2. The second-order valence-corrected chi connectivity index (χ2v) is 15.4.